The van der Waals surface area contributed by atoms with E-state index in [9.17, 15) is 4.79 Å². The summed E-state index contributed by atoms with van der Waals surface area (Å²) in [6, 6.07) is 8.98. The molecule has 104 valence electrons. The minimum Gasteiger partial charge on any atom is -0.384 e. The number of carbonyl (C=O) groups is 1. The summed E-state index contributed by atoms with van der Waals surface area (Å²) in [7, 11) is 0. The van der Waals surface area contributed by atoms with Crippen molar-refractivity contribution < 1.29 is 4.79 Å². The molecule has 0 saturated heterocycles. The van der Waals surface area contributed by atoms with Gasteiger partial charge >= 0.3 is 0 Å². The maximum absolute atomic E-state index is 11.9. The average Bonchev–Trinajstić information content (AvgIpc) is 2.43. The molecule has 3 N–H and O–H groups in total. The molecule has 1 aromatic carbocycles. The summed E-state index contributed by atoms with van der Waals surface area (Å²) in [6.07, 6.45) is 1.65. The fourth-order valence-corrected chi connectivity index (χ4v) is 2.39. The summed E-state index contributed by atoms with van der Waals surface area (Å²) in [5, 5.41) is 3.48. The normalized spacial score (nSPS) is 10.3. The smallest absolute Gasteiger partial charge is 0.234 e. The third-order valence-electron chi connectivity index (χ3n) is 2.67. The molecule has 0 fully saturated rings. The van der Waals surface area contributed by atoms with Crippen molar-refractivity contribution in [2.24, 2.45) is 0 Å². The van der Waals surface area contributed by atoms with Crippen molar-refractivity contribution in [3.63, 3.8) is 0 Å². The molecule has 0 spiro atoms. The van der Waals surface area contributed by atoms with Crippen LogP contribution in [0.4, 0.5) is 11.5 Å². The largest absolute Gasteiger partial charge is 0.384 e. The summed E-state index contributed by atoms with van der Waals surface area (Å²) >= 11 is 7.41. The molecule has 0 bridgehead atoms. The number of pyridine rings is 1. The van der Waals surface area contributed by atoms with Crippen LogP contribution in [0.2, 0.25) is 5.02 Å². The number of thioether (sulfide) groups is 1. The minimum absolute atomic E-state index is 0.0859. The van der Waals surface area contributed by atoms with Crippen molar-refractivity contribution in [2.45, 2.75) is 11.8 Å². The highest BCUT2D eigenvalue weighted by atomic mass is 35.5. The van der Waals surface area contributed by atoms with E-state index in [4.69, 9.17) is 17.3 Å². The number of nitrogens with one attached hydrogen (secondary N) is 1. The van der Waals surface area contributed by atoms with Crippen LogP contribution in [0.5, 0.6) is 0 Å². The Morgan fingerprint density at radius 3 is 2.90 bits per heavy atom. The van der Waals surface area contributed by atoms with Crippen molar-refractivity contribution in [2.75, 3.05) is 16.8 Å². The monoisotopic (exact) mass is 307 g/mol. The Morgan fingerprint density at radius 2 is 2.20 bits per heavy atom. The molecule has 20 heavy (non-hydrogen) atoms. The van der Waals surface area contributed by atoms with Gasteiger partial charge in [-0.05, 0) is 36.8 Å². The van der Waals surface area contributed by atoms with E-state index in [1.165, 1.54) is 11.8 Å². The lowest BCUT2D eigenvalue weighted by Gasteiger charge is -2.09. The molecule has 0 radical (unpaired) electrons. The lowest BCUT2D eigenvalue weighted by molar-refractivity contribution is -0.113. The number of nitrogens with two attached hydrogens (primary N) is 1. The first-order chi connectivity index (χ1) is 9.56. The standard InChI is InChI=1S/C14H14ClN3OS/c1-9-11(15)3-2-4-12(9)18-14(19)8-20-10-5-6-13(16)17-7-10/h2-7H,8H2,1H3,(H2,16,17)(H,18,19). The zero-order valence-electron chi connectivity index (χ0n) is 10.9. The van der Waals surface area contributed by atoms with E-state index in [-0.39, 0.29) is 5.91 Å². The maximum atomic E-state index is 11.9. The Kier molecular flexibility index (Phi) is 4.87. The molecule has 2 rings (SSSR count). The first kappa shape index (κ1) is 14.7. The third-order valence-corrected chi connectivity index (χ3v) is 4.06. The van der Waals surface area contributed by atoms with Gasteiger partial charge in [-0.15, -0.1) is 11.8 Å². The number of amides is 1. The Hall–Kier alpha value is -1.72. The van der Waals surface area contributed by atoms with Crippen LogP contribution in [0.3, 0.4) is 0 Å². The second-order valence-electron chi connectivity index (χ2n) is 4.17. The second kappa shape index (κ2) is 6.63. The number of hydrogen-bond acceptors (Lipinski definition) is 4. The third kappa shape index (κ3) is 3.88. The molecule has 0 unspecified atom stereocenters. The molecule has 0 aliphatic rings. The zero-order chi connectivity index (χ0) is 14.5. The molecule has 0 aliphatic heterocycles. The van der Waals surface area contributed by atoms with E-state index in [0.29, 0.717) is 16.6 Å². The fraction of sp³-hybridized carbons (Fsp3) is 0.143. The van der Waals surface area contributed by atoms with Crippen molar-refractivity contribution in [3.8, 4) is 0 Å². The Bertz CT molecular complexity index is 616. The lowest BCUT2D eigenvalue weighted by atomic mass is 10.2. The van der Waals surface area contributed by atoms with Gasteiger partial charge in [-0.3, -0.25) is 4.79 Å². The topological polar surface area (TPSA) is 68.0 Å². The number of nitrogens with zero attached hydrogens (tertiary/aromatic N) is 1. The Balaban J connectivity index is 1.92. The highest BCUT2D eigenvalue weighted by Crippen LogP contribution is 2.23. The lowest BCUT2D eigenvalue weighted by Crippen LogP contribution is -2.14. The molecule has 4 nitrogen and oxygen atoms in total. The van der Waals surface area contributed by atoms with Crippen LogP contribution in [0.15, 0.2) is 41.4 Å². The van der Waals surface area contributed by atoms with Gasteiger partial charge < -0.3 is 11.1 Å². The predicted molar refractivity (Wildman–Crippen MR) is 84.2 cm³/mol. The maximum Gasteiger partial charge on any atom is 0.234 e. The quantitative estimate of drug-likeness (QED) is 0.850. The van der Waals surface area contributed by atoms with Gasteiger partial charge in [0.25, 0.3) is 0 Å². The van der Waals surface area contributed by atoms with E-state index in [2.05, 4.69) is 10.3 Å². The van der Waals surface area contributed by atoms with E-state index in [1.54, 1.807) is 18.3 Å². The van der Waals surface area contributed by atoms with Crippen LogP contribution >= 0.6 is 23.4 Å². The fourth-order valence-electron chi connectivity index (χ4n) is 1.56. The van der Waals surface area contributed by atoms with Crippen molar-refractivity contribution in [1.29, 1.82) is 0 Å². The van der Waals surface area contributed by atoms with E-state index < -0.39 is 0 Å². The molecule has 1 heterocycles. The number of rotatable bonds is 4. The second-order valence-corrected chi connectivity index (χ2v) is 5.62. The summed E-state index contributed by atoms with van der Waals surface area (Å²) in [5.41, 5.74) is 7.10. The molecular formula is C14H14ClN3OS. The number of benzene rings is 1. The summed E-state index contributed by atoms with van der Waals surface area (Å²) in [6.45, 7) is 1.87. The molecule has 0 aliphatic carbocycles. The van der Waals surface area contributed by atoms with Crippen LogP contribution in [0, 0.1) is 6.92 Å². The van der Waals surface area contributed by atoms with Crippen molar-refractivity contribution in [1.82, 2.24) is 4.98 Å². The summed E-state index contributed by atoms with van der Waals surface area (Å²) < 4.78 is 0. The number of nitrogen functional groups attached to an aromatic ring is 1. The van der Waals surface area contributed by atoms with Gasteiger partial charge in [0.1, 0.15) is 5.82 Å². The molecule has 6 heteroatoms. The van der Waals surface area contributed by atoms with Gasteiger partial charge in [0.15, 0.2) is 0 Å². The molecule has 0 saturated carbocycles. The van der Waals surface area contributed by atoms with Gasteiger partial charge in [0.05, 0.1) is 5.75 Å². The minimum atomic E-state index is -0.0859. The number of halogens is 1. The number of carbonyl (C=O) groups excluding carboxylic acids is 1. The highest BCUT2D eigenvalue weighted by molar-refractivity contribution is 8.00. The van der Waals surface area contributed by atoms with Crippen LogP contribution in [-0.2, 0) is 4.79 Å². The van der Waals surface area contributed by atoms with Crippen LogP contribution in [0.25, 0.3) is 0 Å². The molecule has 1 aromatic heterocycles. The molecule has 1 amide bonds. The summed E-state index contributed by atoms with van der Waals surface area (Å²) in [4.78, 5) is 16.8. The van der Waals surface area contributed by atoms with Gasteiger partial charge in [-0.2, -0.15) is 0 Å². The molecule has 0 atom stereocenters. The number of anilines is 2. The number of aromatic nitrogens is 1. The average molecular weight is 308 g/mol. The highest BCUT2D eigenvalue weighted by Gasteiger charge is 2.07. The van der Waals surface area contributed by atoms with Gasteiger partial charge in [0, 0.05) is 21.8 Å². The Morgan fingerprint density at radius 1 is 1.40 bits per heavy atom. The van der Waals surface area contributed by atoms with Gasteiger partial charge in [-0.25, -0.2) is 4.98 Å². The van der Waals surface area contributed by atoms with E-state index >= 15 is 0 Å². The van der Waals surface area contributed by atoms with Gasteiger partial charge in [0.2, 0.25) is 5.91 Å². The molecular weight excluding hydrogens is 294 g/mol. The first-order valence-electron chi connectivity index (χ1n) is 5.95. The zero-order valence-corrected chi connectivity index (χ0v) is 12.5. The van der Waals surface area contributed by atoms with E-state index in [1.807, 2.05) is 25.1 Å². The number of hydrogen-bond donors (Lipinski definition) is 2. The Labute approximate surface area is 126 Å². The van der Waals surface area contributed by atoms with Gasteiger partial charge in [-0.1, -0.05) is 17.7 Å². The van der Waals surface area contributed by atoms with Crippen molar-refractivity contribution in [3.05, 3.63) is 47.1 Å². The molecule has 2 aromatic rings. The summed E-state index contributed by atoms with van der Waals surface area (Å²) in [5.74, 6) is 0.683. The van der Waals surface area contributed by atoms with Crippen molar-refractivity contribution >= 4 is 40.8 Å². The SMILES string of the molecule is Cc1c(Cl)cccc1NC(=O)CSc1ccc(N)nc1. The van der Waals surface area contributed by atoms with Crippen LogP contribution in [-0.4, -0.2) is 16.6 Å². The van der Waals surface area contributed by atoms with Crippen LogP contribution in [0.1, 0.15) is 5.56 Å². The van der Waals surface area contributed by atoms with Crippen LogP contribution < -0.4 is 11.1 Å². The first-order valence-corrected chi connectivity index (χ1v) is 7.32. The predicted octanol–water partition coefficient (Wildman–Crippen LogP) is 3.36. The van der Waals surface area contributed by atoms with E-state index in [0.717, 1.165) is 16.1 Å².